The molecule has 2 heteroatoms. The maximum atomic E-state index is 2.59. The number of hydrogen-bond donors (Lipinski definition) is 0. The normalized spacial score (nSPS) is 15.5. The van der Waals surface area contributed by atoms with Crippen LogP contribution in [-0.4, -0.2) is 9.13 Å². The maximum absolute atomic E-state index is 2.59. The van der Waals surface area contributed by atoms with Crippen LogP contribution in [-0.2, 0) is 10.8 Å². The van der Waals surface area contributed by atoms with E-state index < -0.39 is 0 Å². The summed E-state index contributed by atoms with van der Waals surface area (Å²) in [5.74, 6) is 0. The highest BCUT2D eigenvalue weighted by atomic mass is 15.0. The van der Waals surface area contributed by atoms with Gasteiger partial charge in [-0.25, -0.2) is 0 Å². The lowest BCUT2D eigenvalue weighted by Gasteiger charge is -2.42. The van der Waals surface area contributed by atoms with Gasteiger partial charge in [0.05, 0.1) is 22.1 Å². The molecule has 0 N–H and O–H groups in total. The van der Waals surface area contributed by atoms with Crippen molar-refractivity contribution in [2.24, 2.45) is 0 Å². The van der Waals surface area contributed by atoms with E-state index in [4.69, 9.17) is 0 Å². The number of rotatable bonds is 2. The number of hydrogen-bond acceptors (Lipinski definition) is 0. The number of para-hydroxylation sites is 1. The molecule has 0 unspecified atom stereocenters. The van der Waals surface area contributed by atoms with Crippen molar-refractivity contribution >= 4 is 75.9 Å². The molecule has 0 radical (unpaired) electrons. The van der Waals surface area contributed by atoms with Gasteiger partial charge in [0.2, 0.25) is 0 Å². The summed E-state index contributed by atoms with van der Waals surface area (Å²) in [6.45, 7) is 9.78. The molecule has 250 valence electrons. The fourth-order valence-corrected chi connectivity index (χ4v) is 9.71. The fraction of sp³-hybridized carbons (Fsp3) is 0.160. The summed E-state index contributed by atoms with van der Waals surface area (Å²) in [7, 11) is 0. The van der Waals surface area contributed by atoms with Gasteiger partial charge in [0.1, 0.15) is 0 Å². The molecule has 1 aliphatic carbocycles. The largest absolute Gasteiger partial charge is 0.309 e. The Morgan fingerprint density at radius 3 is 1.63 bits per heavy atom. The number of benzene rings is 8. The van der Waals surface area contributed by atoms with Crippen molar-refractivity contribution < 1.29 is 0 Å². The molecule has 8 aromatic carbocycles. The Kier molecular flexibility index (Phi) is 5.94. The zero-order valence-electron chi connectivity index (χ0n) is 30.2. The third-order valence-electron chi connectivity index (χ3n) is 12.5. The van der Waals surface area contributed by atoms with Crippen LogP contribution in [0.4, 0.5) is 0 Å². The van der Waals surface area contributed by atoms with E-state index in [2.05, 4.69) is 182 Å². The number of nitrogens with zero attached hydrogens (tertiary/aromatic N) is 2. The van der Waals surface area contributed by atoms with Crippen LogP contribution in [0, 0.1) is 0 Å². The van der Waals surface area contributed by atoms with E-state index >= 15 is 0 Å². The molecular weight excluding hydrogens is 629 g/mol. The van der Waals surface area contributed by atoms with Crippen molar-refractivity contribution in [1.82, 2.24) is 9.13 Å². The van der Waals surface area contributed by atoms with Gasteiger partial charge < -0.3 is 9.13 Å². The summed E-state index contributed by atoms with van der Waals surface area (Å²) in [5, 5.41) is 13.0. The predicted molar refractivity (Wildman–Crippen MR) is 223 cm³/mol. The smallest absolute Gasteiger partial charge is 0.0549 e. The summed E-state index contributed by atoms with van der Waals surface area (Å²) in [5.41, 5.74) is 10.6. The molecule has 0 bridgehead atoms. The van der Waals surface area contributed by atoms with Crippen LogP contribution in [0.1, 0.15) is 51.7 Å². The van der Waals surface area contributed by atoms with E-state index in [1.54, 1.807) is 0 Å². The average molecular weight is 669 g/mol. The highest BCUT2D eigenvalue weighted by molar-refractivity contribution is 6.33. The van der Waals surface area contributed by atoms with Crippen molar-refractivity contribution in [3.05, 3.63) is 157 Å². The van der Waals surface area contributed by atoms with Crippen molar-refractivity contribution in [2.75, 3.05) is 0 Å². The lowest BCUT2D eigenvalue weighted by atomic mass is 9.63. The second-order valence-corrected chi connectivity index (χ2v) is 16.4. The second kappa shape index (κ2) is 10.4. The van der Waals surface area contributed by atoms with Gasteiger partial charge in [0.15, 0.2) is 0 Å². The van der Waals surface area contributed by atoms with Gasteiger partial charge in [0, 0.05) is 32.9 Å². The zero-order valence-corrected chi connectivity index (χ0v) is 30.2. The molecule has 0 aliphatic heterocycles. The van der Waals surface area contributed by atoms with Crippen molar-refractivity contribution in [3.63, 3.8) is 0 Å². The molecule has 2 aromatic heterocycles. The van der Waals surface area contributed by atoms with E-state index in [0.717, 1.165) is 0 Å². The van der Waals surface area contributed by atoms with Gasteiger partial charge in [-0.3, -0.25) is 0 Å². The van der Waals surface area contributed by atoms with Crippen LogP contribution in [0.3, 0.4) is 0 Å². The predicted octanol–water partition coefficient (Wildman–Crippen LogP) is 13.7. The Bertz CT molecular complexity index is 3110. The van der Waals surface area contributed by atoms with Gasteiger partial charge >= 0.3 is 0 Å². The summed E-state index contributed by atoms with van der Waals surface area (Å²) < 4.78 is 5.04. The summed E-state index contributed by atoms with van der Waals surface area (Å²) in [6.07, 6.45) is 2.37. The van der Waals surface area contributed by atoms with E-state index in [1.807, 2.05) is 0 Å². The van der Waals surface area contributed by atoms with Gasteiger partial charge in [-0.15, -0.1) is 0 Å². The molecule has 0 saturated heterocycles. The Hall–Kier alpha value is -5.86. The summed E-state index contributed by atoms with van der Waals surface area (Å²) in [6, 6.07) is 54.7. The molecule has 0 atom stereocenters. The molecule has 2 nitrogen and oxygen atoms in total. The van der Waals surface area contributed by atoms with Crippen LogP contribution >= 0.6 is 0 Å². The minimum atomic E-state index is 0.0934. The quantitative estimate of drug-likeness (QED) is 0.162. The topological polar surface area (TPSA) is 9.86 Å². The van der Waals surface area contributed by atoms with Crippen LogP contribution < -0.4 is 0 Å². The van der Waals surface area contributed by atoms with E-state index in [1.165, 1.54) is 111 Å². The van der Waals surface area contributed by atoms with Crippen molar-refractivity contribution in [1.29, 1.82) is 0 Å². The van der Waals surface area contributed by atoms with Crippen LogP contribution in [0.15, 0.2) is 146 Å². The fourth-order valence-electron chi connectivity index (χ4n) is 9.71. The second-order valence-electron chi connectivity index (χ2n) is 16.4. The van der Waals surface area contributed by atoms with Crippen molar-refractivity contribution in [3.8, 4) is 11.4 Å². The third kappa shape index (κ3) is 4.01. The Labute approximate surface area is 303 Å². The Balaban J connectivity index is 1.36. The first-order valence-corrected chi connectivity index (χ1v) is 18.7. The first kappa shape index (κ1) is 29.8. The Morgan fingerprint density at radius 1 is 0.365 bits per heavy atom. The van der Waals surface area contributed by atoms with E-state index in [-0.39, 0.29) is 10.8 Å². The molecule has 11 rings (SSSR count). The van der Waals surface area contributed by atoms with E-state index in [0.29, 0.717) is 0 Å². The van der Waals surface area contributed by atoms with E-state index in [9.17, 15) is 0 Å². The molecule has 1 aliphatic rings. The highest BCUT2D eigenvalue weighted by Crippen LogP contribution is 2.50. The Morgan fingerprint density at radius 2 is 0.885 bits per heavy atom. The molecule has 2 heterocycles. The lowest BCUT2D eigenvalue weighted by molar-refractivity contribution is 0.332. The minimum absolute atomic E-state index is 0.0934. The molecule has 0 fully saturated rings. The van der Waals surface area contributed by atoms with Gasteiger partial charge in [-0.2, -0.15) is 0 Å². The number of aromatic nitrogens is 2. The van der Waals surface area contributed by atoms with Gasteiger partial charge in [-0.05, 0) is 122 Å². The zero-order chi connectivity index (χ0) is 34.9. The third-order valence-corrected chi connectivity index (χ3v) is 12.5. The summed E-state index contributed by atoms with van der Waals surface area (Å²) >= 11 is 0. The summed E-state index contributed by atoms with van der Waals surface area (Å²) in [4.78, 5) is 0. The van der Waals surface area contributed by atoms with Crippen molar-refractivity contribution in [2.45, 2.75) is 51.4 Å². The molecule has 0 spiro atoms. The highest BCUT2D eigenvalue weighted by Gasteiger charge is 2.38. The van der Waals surface area contributed by atoms with Crippen LogP contribution in [0.5, 0.6) is 0 Å². The SMILES string of the molecule is CC1(C)CCC(C)(C)c2cc3c(cc21)c1c2c4c5ccccc5ccc4n(-c4ccccc4)c2ccc1n3-c1ccc2c(ccc3ccccc32)c1. The first-order chi connectivity index (χ1) is 25.3. The number of fused-ring (bicyclic) bond motifs is 13. The minimum Gasteiger partial charge on any atom is -0.309 e. The van der Waals surface area contributed by atoms with Gasteiger partial charge in [-0.1, -0.05) is 119 Å². The van der Waals surface area contributed by atoms with Crippen LogP contribution in [0.2, 0.25) is 0 Å². The first-order valence-electron chi connectivity index (χ1n) is 18.7. The lowest BCUT2D eigenvalue weighted by Crippen LogP contribution is -2.33. The standard InChI is InChI=1S/C50H40N2/c1-49(2)26-27-50(3,4)41-30-45-39(29-40(41)49)47-43(52(45)35-21-22-37-33(28-35)19-18-31-12-8-10-16-36(31)37)24-25-44-48(47)46-38-17-11-9-13-32(38)20-23-42(46)51(44)34-14-6-5-7-15-34/h5-25,28-30H,26-27H2,1-4H3. The van der Waals surface area contributed by atoms with Crippen LogP contribution in [0.25, 0.3) is 87.3 Å². The van der Waals surface area contributed by atoms with Gasteiger partial charge in [0.25, 0.3) is 0 Å². The molecule has 52 heavy (non-hydrogen) atoms. The monoisotopic (exact) mass is 668 g/mol. The molecule has 10 aromatic rings. The molecule has 0 amide bonds. The average Bonchev–Trinajstić information content (AvgIpc) is 3.69. The molecule has 0 saturated carbocycles. The maximum Gasteiger partial charge on any atom is 0.0549 e. The molecular formula is C50H40N2.